The highest BCUT2D eigenvalue weighted by Gasteiger charge is 2.23. The second-order valence-corrected chi connectivity index (χ2v) is 4.22. The molecule has 0 aromatic heterocycles. The van der Waals surface area contributed by atoms with E-state index in [4.69, 9.17) is 10.00 Å². The predicted molar refractivity (Wildman–Crippen MR) is 66.3 cm³/mol. The third kappa shape index (κ3) is 4.32. The summed E-state index contributed by atoms with van der Waals surface area (Å²) in [5.74, 6) is -0.114. The third-order valence-corrected chi connectivity index (χ3v) is 2.50. The average molecular weight is 259 g/mol. The van der Waals surface area contributed by atoms with Gasteiger partial charge < -0.3 is 10.1 Å². The van der Waals surface area contributed by atoms with Crippen molar-refractivity contribution in [1.82, 2.24) is 10.6 Å². The molecular weight excluding hydrogens is 246 g/mol. The Balaban J connectivity index is 1.76. The highest BCUT2D eigenvalue weighted by Crippen LogP contribution is 2.18. The molecule has 19 heavy (non-hydrogen) atoms. The largest absolute Gasteiger partial charge is 0.484 e. The fraction of sp³-hybridized carbons (Fsp3) is 0.308. The number of hydrogen-bond acceptors (Lipinski definition) is 4. The zero-order chi connectivity index (χ0) is 13.7. The van der Waals surface area contributed by atoms with Crippen molar-refractivity contribution in [3.8, 4) is 11.8 Å². The van der Waals surface area contributed by atoms with Crippen molar-refractivity contribution in [2.75, 3.05) is 6.61 Å². The number of urea groups is 1. The van der Waals surface area contributed by atoms with Crippen LogP contribution in [0.25, 0.3) is 0 Å². The van der Waals surface area contributed by atoms with Crippen LogP contribution < -0.4 is 15.4 Å². The molecule has 0 unspecified atom stereocenters. The van der Waals surface area contributed by atoms with Gasteiger partial charge >= 0.3 is 6.03 Å². The lowest BCUT2D eigenvalue weighted by molar-refractivity contribution is -0.122. The number of rotatable bonds is 4. The average Bonchev–Trinajstić information content (AvgIpc) is 3.20. The van der Waals surface area contributed by atoms with Crippen LogP contribution >= 0.6 is 0 Å². The SMILES string of the molecule is N#Cc1cccc(OCC(=O)NC(=O)NC2CC2)c1. The van der Waals surface area contributed by atoms with Gasteiger partial charge in [0.2, 0.25) is 0 Å². The standard InChI is InChI=1S/C13H13N3O3/c14-7-9-2-1-3-11(6-9)19-8-12(17)16-13(18)15-10-4-5-10/h1-3,6,10H,4-5,8H2,(H2,15,16,17,18). The van der Waals surface area contributed by atoms with E-state index in [0.29, 0.717) is 11.3 Å². The van der Waals surface area contributed by atoms with Crippen LogP contribution in [0.15, 0.2) is 24.3 Å². The van der Waals surface area contributed by atoms with Crippen molar-refractivity contribution < 1.29 is 14.3 Å². The summed E-state index contributed by atoms with van der Waals surface area (Å²) in [7, 11) is 0. The molecule has 1 saturated carbocycles. The molecule has 0 bridgehead atoms. The van der Waals surface area contributed by atoms with E-state index in [-0.39, 0.29) is 12.6 Å². The minimum absolute atomic E-state index is 0.195. The minimum atomic E-state index is -0.527. The van der Waals surface area contributed by atoms with Gasteiger partial charge in [-0.2, -0.15) is 5.26 Å². The van der Waals surface area contributed by atoms with E-state index in [1.807, 2.05) is 6.07 Å². The number of benzene rings is 1. The molecule has 2 rings (SSSR count). The van der Waals surface area contributed by atoms with E-state index in [1.165, 1.54) is 6.07 Å². The van der Waals surface area contributed by atoms with Crippen LogP contribution in [-0.4, -0.2) is 24.6 Å². The van der Waals surface area contributed by atoms with Crippen molar-refractivity contribution in [3.05, 3.63) is 29.8 Å². The maximum Gasteiger partial charge on any atom is 0.321 e. The first kappa shape index (κ1) is 12.9. The first-order valence-electron chi connectivity index (χ1n) is 5.90. The van der Waals surface area contributed by atoms with Gasteiger partial charge in [-0.05, 0) is 31.0 Å². The Morgan fingerprint density at radius 3 is 2.89 bits per heavy atom. The van der Waals surface area contributed by atoms with Crippen molar-refractivity contribution in [2.45, 2.75) is 18.9 Å². The number of hydrogen-bond donors (Lipinski definition) is 2. The van der Waals surface area contributed by atoms with Crippen molar-refractivity contribution in [2.24, 2.45) is 0 Å². The number of ether oxygens (including phenoxy) is 1. The van der Waals surface area contributed by atoms with Gasteiger partial charge in [0.15, 0.2) is 6.61 Å². The van der Waals surface area contributed by atoms with E-state index in [9.17, 15) is 9.59 Å². The van der Waals surface area contributed by atoms with Gasteiger partial charge in [-0.1, -0.05) is 6.07 Å². The molecule has 98 valence electrons. The fourth-order valence-electron chi connectivity index (χ4n) is 1.42. The summed E-state index contributed by atoms with van der Waals surface area (Å²) in [5, 5.41) is 13.5. The first-order valence-corrected chi connectivity index (χ1v) is 5.90. The van der Waals surface area contributed by atoms with Crippen LogP contribution in [0, 0.1) is 11.3 Å². The summed E-state index contributed by atoms with van der Waals surface area (Å²) < 4.78 is 5.19. The highest BCUT2D eigenvalue weighted by molar-refractivity contribution is 5.95. The topological polar surface area (TPSA) is 91.2 Å². The summed E-state index contributed by atoms with van der Waals surface area (Å²) in [4.78, 5) is 22.7. The van der Waals surface area contributed by atoms with Crippen LogP contribution in [0.2, 0.25) is 0 Å². The molecule has 0 radical (unpaired) electrons. The Morgan fingerprint density at radius 1 is 1.42 bits per heavy atom. The van der Waals surface area contributed by atoms with Crippen LogP contribution in [0.5, 0.6) is 5.75 Å². The van der Waals surface area contributed by atoms with Gasteiger partial charge in [0.05, 0.1) is 11.6 Å². The highest BCUT2D eigenvalue weighted by atomic mass is 16.5. The number of imide groups is 1. The van der Waals surface area contributed by atoms with Crippen molar-refractivity contribution >= 4 is 11.9 Å². The third-order valence-electron chi connectivity index (χ3n) is 2.50. The van der Waals surface area contributed by atoms with E-state index in [2.05, 4.69) is 10.6 Å². The van der Waals surface area contributed by atoms with Gasteiger partial charge in [0.25, 0.3) is 5.91 Å². The van der Waals surface area contributed by atoms with Crippen molar-refractivity contribution in [1.29, 1.82) is 5.26 Å². The molecule has 1 aliphatic rings. The lowest BCUT2D eigenvalue weighted by Crippen LogP contribution is -2.42. The molecule has 1 aromatic rings. The summed E-state index contributed by atoms with van der Waals surface area (Å²) >= 11 is 0. The first-order chi connectivity index (χ1) is 9.17. The predicted octanol–water partition coefficient (Wildman–Crippen LogP) is 0.925. The quantitative estimate of drug-likeness (QED) is 0.841. The number of amides is 3. The van der Waals surface area contributed by atoms with Gasteiger partial charge in [0, 0.05) is 6.04 Å². The van der Waals surface area contributed by atoms with Crippen LogP contribution in [-0.2, 0) is 4.79 Å². The van der Waals surface area contributed by atoms with E-state index >= 15 is 0 Å². The zero-order valence-corrected chi connectivity index (χ0v) is 10.2. The van der Waals surface area contributed by atoms with E-state index < -0.39 is 11.9 Å². The van der Waals surface area contributed by atoms with Gasteiger partial charge in [-0.15, -0.1) is 0 Å². The van der Waals surface area contributed by atoms with Gasteiger partial charge in [0.1, 0.15) is 5.75 Å². The number of nitrogens with zero attached hydrogens (tertiary/aromatic N) is 1. The number of nitrogens with one attached hydrogen (secondary N) is 2. The van der Waals surface area contributed by atoms with Crippen molar-refractivity contribution in [3.63, 3.8) is 0 Å². The monoisotopic (exact) mass is 259 g/mol. The molecular formula is C13H13N3O3. The maximum atomic E-state index is 11.4. The molecule has 0 aliphatic heterocycles. The summed E-state index contributed by atoms with van der Waals surface area (Å²) in [5.41, 5.74) is 0.449. The Labute approximate surface area is 110 Å². The van der Waals surface area contributed by atoms with Gasteiger partial charge in [-0.25, -0.2) is 4.79 Å². The lowest BCUT2D eigenvalue weighted by atomic mass is 10.2. The molecule has 1 aliphatic carbocycles. The summed E-state index contributed by atoms with van der Waals surface area (Å²) in [6, 6.07) is 8.12. The molecule has 0 heterocycles. The smallest absolute Gasteiger partial charge is 0.321 e. The second kappa shape index (κ2) is 5.87. The molecule has 1 aromatic carbocycles. The summed E-state index contributed by atoms with van der Waals surface area (Å²) in [6.07, 6.45) is 1.91. The molecule has 3 amide bonds. The normalized spacial score (nSPS) is 13.2. The number of nitriles is 1. The Bertz CT molecular complexity index is 532. The van der Waals surface area contributed by atoms with Crippen LogP contribution in [0.3, 0.4) is 0 Å². The summed E-state index contributed by atoms with van der Waals surface area (Å²) in [6.45, 7) is -0.271. The molecule has 1 fully saturated rings. The Kier molecular flexibility index (Phi) is 3.98. The fourth-order valence-corrected chi connectivity index (χ4v) is 1.42. The molecule has 6 nitrogen and oxygen atoms in total. The molecule has 0 spiro atoms. The van der Waals surface area contributed by atoms with E-state index in [0.717, 1.165) is 12.8 Å². The van der Waals surface area contributed by atoms with Gasteiger partial charge in [-0.3, -0.25) is 10.1 Å². The molecule has 6 heteroatoms. The number of carbonyl (C=O) groups is 2. The van der Waals surface area contributed by atoms with Crippen LogP contribution in [0.4, 0.5) is 4.79 Å². The molecule has 0 saturated heterocycles. The minimum Gasteiger partial charge on any atom is -0.484 e. The molecule has 0 atom stereocenters. The van der Waals surface area contributed by atoms with E-state index in [1.54, 1.807) is 18.2 Å². The Morgan fingerprint density at radius 2 is 2.21 bits per heavy atom. The lowest BCUT2D eigenvalue weighted by Gasteiger charge is -2.07. The second-order valence-electron chi connectivity index (χ2n) is 4.22. The zero-order valence-electron chi connectivity index (χ0n) is 10.2. The maximum absolute atomic E-state index is 11.4. The Hall–Kier alpha value is -2.55. The molecule has 2 N–H and O–H groups in total. The van der Waals surface area contributed by atoms with Crippen LogP contribution in [0.1, 0.15) is 18.4 Å². The number of carbonyl (C=O) groups excluding carboxylic acids is 2.